The van der Waals surface area contributed by atoms with Crippen LogP contribution in [0, 0.1) is 0 Å². The SMILES string of the molecule is CC(=O)Nc1c(Br)cc(C(C)(C)c2cc(Br)c(NC(C)=O)c(-c3ccccc3)c2)cc1-c1ccccc1. The standard InChI is InChI=1S/C31H28Br2N2O2/c1-19(36)34-29-25(21-11-7-5-8-12-21)15-23(17-27(29)32)31(3,4)24-16-26(22-13-9-6-10-14-22)30(28(33)18-24)35-20(2)37/h5-18H,1-4H3,(H,34,36)(H,35,37). The van der Waals surface area contributed by atoms with Gasteiger partial charge < -0.3 is 10.6 Å². The van der Waals surface area contributed by atoms with Gasteiger partial charge in [-0.25, -0.2) is 0 Å². The highest BCUT2D eigenvalue weighted by Gasteiger charge is 2.28. The van der Waals surface area contributed by atoms with Crippen molar-refractivity contribution in [3.05, 3.63) is 105 Å². The molecule has 0 unspecified atom stereocenters. The molecule has 0 aromatic heterocycles. The van der Waals surface area contributed by atoms with Gasteiger partial charge in [-0.2, -0.15) is 0 Å². The fourth-order valence-electron chi connectivity index (χ4n) is 4.40. The average molecular weight is 620 g/mol. The summed E-state index contributed by atoms with van der Waals surface area (Å²) in [4.78, 5) is 24.0. The molecule has 188 valence electrons. The second-order valence-corrected chi connectivity index (χ2v) is 11.2. The molecule has 0 fully saturated rings. The van der Waals surface area contributed by atoms with Crippen molar-refractivity contribution in [3.8, 4) is 22.3 Å². The highest BCUT2D eigenvalue weighted by atomic mass is 79.9. The molecule has 0 atom stereocenters. The maximum Gasteiger partial charge on any atom is 0.221 e. The molecule has 0 aliphatic carbocycles. The predicted molar refractivity (Wildman–Crippen MR) is 160 cm³/mol. The molecule has 0 radical (unpaired) electrons. The van der Waals surface area contributed by atoms with Gasteiger partial charge in [0.15, 0.2) is 0 Å². The van der Waals surface area contributed by atoms with E-state index in [1.54, 1.807) is 0 Å². The van der Waals surface area contributed by atoms with Crippen LogP contribution in [0.25, 0.3) is 22.3 Å². The third-order valence-corrected chi connectivity index (χ3v) is 7.65. The Kier molecular flexibility index (Phi) is 8.00. The molecule has 4 aromatic carbocycles. The molecule has 0 spiro atoms. The summed E-state index contributed by atoms with van der Waals surface area (Å²) in [7, 11) is 0. The van der Waals surface area contributed by atoms with Gasteiger partial charge in [0, 0.05) is 39.3 Å². The van der Waals surface area contributed by atoms with Gasteiger partial charge in [0.05, 0.1) is 11.4 Å². The molecule has 0 aliphatic rings. The molecule has 4 aromatic rings. The molecule has 0 heterocycles. The van der Waals surface area contributed by atoms with Crippen LogP contribution in [-0.2, 0) is 15.0 Å². The first-order chi connectivity index (χ1) is 17.6. The van der Waals surface area contributed by atoms with E-state index >= 15 is 0 Å². The minimum Gasteiger partial charge on any atom is -0.325 e. The van der Waals surface area contributed by atoms with Gasteiger partial charge in [-0.05, 0) is 78.4 Å². The molecular weight excluding hydrogens is 592 g/mol. The summed E-state index contributed by atoms with van der Waals surface area (Å²) in [5.41, 5.74) is 7.11. The van der Waals surface area contributed by atoms with Crippen LogP contribution in [0.15, 0.2) is 93.9 Å². The van der Waals surface area contributed by atoms with E-state index < -0.39 is 5.41 Å². The zero-order valence-electron chi connectivity index (χ0n) is 21.2. The van der Waals surface area contributed by atoms with E-state index in [0.29, 0.717) is 0 Å². The van der Waals surface area contributed by atoms with E-state index in [4.69, 9.17) is 0 Å². The van der Waals surface area contributed by atoms with Crippen LogP contribution >= 0.6 is 31.9 Å². The molecule has 2 N–H and O–H groups in total. The Morgan fingerprint density at radius 3 is 1.30 bits per heavy atom. The summed E-state index contributed by atoms with van der Waals surface area (Å²) in [5.74, 6) is -0.259. The zero-order chi connectivity index (χ0) is 26.7. The van der Waals surface area contributed by atoms with Gasteiger partial charge in [0.2, 0.25) is 11.8 Å². The number of amides is 2. The van der Waals surface area contributed by atoms with Crippen molar-refractivity contribution in [2.75, 3.05) is 10.6 Å². The van der Waals surface area contributed by atoms with Gasteiger partial charge in [-0.3, -0.25) is 9.59 Å². The second kappa shape index (κ2) is 11.0. The lowest BCUT2D eigenvalue weighted by molar-refractivity contribution is -0.115. The molecule has 0 aliphatic heterocycles. The van der Waals surface area contributed by atoms with Crippen molar-refractivity contribution in [3.63, 3.8) is 0 Å². The van der Waals surface area contributed by atoms with Crippen molar-refractivity contribution in [1.82, 2.24) is 0 Å². The smallest absolute Gasteiger partial charge is 0.221 e. The average Bonchev–Trinajstić information content (AvgIpc) is 2.86. The van der Waals surface area contributed by atoms with Gasteiger partial charge in [0.1, 0.15) is 0 Å². The number of hydrogen-bond donors (Lipinski definition) is 2. The molecule has 0 bridgehead atoms. The van der Waals surface area contributed by atoms with Gasteiger partial charge >= 0.3 is 0 Å². The monoisotopic (exact) mass is 618 g/mol. The first kappa shape index (κ1) is 26.8. The minimum absolute atomic E-state index is 0.130. The Balaban J connectivity index is 1.92. The highest BCUT2D eigenvalue weighted by Crippen LogP contribution is 2.44. The topological polar surface area (TPSA) is 58.2 Å². The van der Waals surface area contributed by atoms with E-state index in [-0.39, 0.29) is 11.8 Å². The van der Waals surface area contributed by atoms with Crippen molar-refractivity contribution >= 4 is 55.0 Å². The maximum atomic E-state index is 12.0. The van der Waals surface area contributed by atoms with Crippen LogP contribution in [0.2, 0.25) is 0 Å². The van der Waals surface area contributed by atoms with Crippen LogP contribution in [0.1, 0.15) is 38.8 Å². The van der Waals surface area contributed by atoms with Crippen LogP contribution in [0.3, 0.4) is 0 Å². The maximum absolute atomic E-state index is 12.0. The fourth-order valence-corrected chi connectivity index (χ4v) is 5.52. The Bertz CT molecular complexity index is 1360. The molecule has 0 saturated heterocycles. The van der Waals surface area contributed by atoms with Crippen molar-refractivity contribution < 1.29 is 9.59 Å². The Labute approximate surface area is 234 Å². The fraction of sp³-hybridized carbons (Fsp3) is 0.161. The number of carbonyl (C=O) groups excluding carboxylic acids is 2. The summed E-state index contributed by atoms with van der Waals surface area (Å²) in [6, 6.07) is 28.5. The summed E-state index contributed by atoms with van der Waals surface area (Å²) < 4.78 is 1.62. The molecular formula is C31H28Br2N2O2. The first-order valence-electron chi connectivity index (χ1n) is 11.9. The van der Waals surface area contributed by atoms with Crippen LogP contribution in [0.5, 0.6) is 0 Å². The number of hydrogen-bond acceptors (Lipinski definition) is 2. The first-order valence-corrected chi connectivity index (χ1v) is 13.5. The van der Waals surface area contributed by atoms with E-state index in [2.05, 4.69) is 80.6 Å². The summed E-state index contributed by atoms with van der Waals surface area (Å²) in [5, 5.41) is 5.98. The number of rotatable bonds is 6. The lowest BCUT2D eigenvalue weighted by atomic mass is 9.76. The number of anilines is 2. The van der Waals surface area contributed by atoms with Crippen molar-refractivity contribution in [2.24, 2.45) is 0 Å². The van der Waals surface area contributed by atoms with Crippen LogP contribution in [-0.4, -0.2) is 11.8 Å². The van der Waals surface area contributed by atoms with E-state index in [1.807, 2.05) is 60.7 Å². The second-order valence-electron chi connectivity index (χ2n) is 9.48. The largest absolute Gasteiger partial charge is 0.325 e. The predicted octanol–water partition coefficient (Wildman–Crippen LogP) is 8.79. The summed E-state index contributed by atoms with van der Waals surface area (Å²) >= 11 is 7.44. The van der Waals surface area contributed by atoms with Crippen molar-refractivity contribution in [1.29, 1.82) is 0 Å². The quantitative estimate of drug-likeness (QED) is 0.227. The van der Waals surface area contributed by atoms with Crippen molar-refractivity contribution in [2.45, 2.75) is 33.1 Å². The molecule has 2 amide bonds. The molecule has 0 saturated carbocycles. The number of halogens is 2. The summed E-state index contributed by atoms with van der Waals surface area (Å²) in [6.07, 6.45) is 0. The van der Waals surface area contributed by atoms with Gasteiger partial charge in [-0.1, -0.05) is 74.5 Å². The minimum atomic E-state index is -0.415. The van der Waals surface area contributed by atoms with Crippen LogP contribution in [0.4, 0.5) is 11.4 Å². The number of carbonyl (C=O) groups is 2. The van der Waals surface area contributed by atoms with E-state index in [9.17, 15) is 9.59 Å². The van der Waals surface area contributed by atoms with Crippen LogP contribution < -0.4 is 10.6 Å². The number of nitrogens with one attached hydrogen (secondary N) is 2. The Morgan fingerprint density at radius 2 is 0.973 bits per heavy atom. The molecule has 37 heavy (non-hydrogen) atoms. The summed E-state index contributed by atoms with van der Waals surface area (Å²) in [6.45, 7) is 7.38. The zero-order valence-corrected chi connectivity index (χ0v) is 24.3. The lowest BCUT2D eigenvalue weighted by Gasteiger charge is -2.30. The van der Waals surface area contributed by atoms with Gasteiger partial charge in [-0.15, -0.1) is 0 Å². The normalized spacial score (nSPS) is 11.2. The third-order valence-electron chi connectivity index (χ3n) is 6.40. The Morgan fingerprint density at radius 1 is 0.622 bits per heavy atom. The third kappa shape index (κ3) is 5.86. The molecule has 4 rings (SSSR count). The highest BCUT2D eigenvalue weighted by molar-refractivity contribution is 9.11. The van der Waals surface area contributed by atoms with E-state index in [1.165, 1.54) is 13.8 Å². The number of benzene rings is 4. The van der Waals surface area contributed by atoms with Gasteiger partial charge in [0.25, 0.3) is 0 Å². The lowest BCUT2D eigenvalue weighted by Crippen LogP contribution is -2.20. The van der Waals surface area contributed by atoms with E-state index in [0.717, 1.165) is 53.7 Å². The molecule has 6 heteroatoms. The Hall–Kier alpha value is -3.22. The molecule has 4 nitrogen and oxygen atoms in total.